The summed E-state index contributed by atoms with van der Waals surface area (Å²) in [6.07, 6.45) is -0.444. The van der Waals surface area contributed by atoms with Crippen LogP contribution in [0.25, 0.3) is 0 Å². The van der Waals surface area contributed by atoms with Gasteiger partial charge in [0.15, 0.2) is 5.75 Å². The van der Waals surface area contributed by atoms with E-state index in [9.17, 15) is 14.9 Å². The first-order chi connectivity index (χ1) is 8.43. The van der Waals surface area contributed by atoms with Crippen molar-refractivity contribution in [1.82, 2.24) is 0 Å². The van der Waals surface area contributed by atoms with Gasteiger partial charge in [0, 0.05) is 6.07 Å². The molecule has 0 saturated heterocycles. The fraction of sp³-hybridized carbons (Fsp3) is 0.417. The van der Waals surface area contributed by atoms with Crippen LogP contribution in [0.2, 0.25) is 0 Å². The van der Waals surface area contributed by atoms with Crippen molar-refractivity contribution < 1.29 is 19.2 Å². The van der Waals surface area contributed by atoms with Crippen LogP contribution in [-0.2, 0) is 9.53 Å². The molecule has 18 heavy (non-hydrogen) atoms. The highest BCUT2D eigenvalue weighted by Gasteiger charge is 2.18. The van der Waals surface area contributed by atoms with Crippen molar-refractivity contribution in [2.75, 3.05) is 7.11 Å². The molecule has 0 aliphatic rings. The van der Waals surface area contributed by atoms with Gasteiger partial charge in [-0.25, -0.2) is 0 Å². The molecule has 1 atom stereocenters. The molecule has 1 rings (SSSR count). The summed E-state index contributed by atoms with van der Waals surface area (Å²) in [5, 5.41) is 10.9. The van der Waals surface area contributed by atoms with Gasteiger partial charge >= 0.3 is 11.7 Å². The Morgan fingerprint density at radius 3 is 2.72 bits per heavy atom. The quantitative estimate of drug-likeness (QED) is 0.456. The third-order valence-electron chi connectivity index (χ3n) is 2.32. The van der Waals surface area contributed by atoms with Crippen molar-refractivity contribution in [2.24, 2.45) is 0 Å². The molecule has 0 radical (unpaired) electrons. The van der Waals surface area contributed by atoms with Crippen molar-refractivity contribution >= 4 is 11.7 Å². The fourth-order valence-electron chi connectivity index (χ4n) is 1.45. The number of carbonyl (C=O) groups excluding carboxylic acids is 1. The van der Waals surface area contributed by atoms with Crippen molar-refractivity contribution in [3.05, 3.63) is 33.9 Å². The topological polar surface area (TPSA) is 78.7 Å². The molecule has 6 heteroatoms. The highest BCUT2D eigenvalue weighted by Crippen LogP contribution is 2.28. The number of methoxy groups -OCH3 is 1. The first-order valence-corrected chi connectivity index (χ1v) is 5.42. The number of nitro benzene ring substituents is 1. The second-order valence-electron chi connectivity index (χ2n) is 3.94. The Morgan fingerprint density at radius 1 is 1.50 bits per heavy atom. The Bertz CT molecular complexity index is 458. The minimum Gasteiger partial charge on any atom is -0.483 e. The lowest BCUT2D eigenvalue weighted by atomic mass is 10.2. The molecule has 1 unspecified atom stereocenters. The van der Waals surface area contributed by atoms with Crippen molar-refractivity contribution in [3.63, 3.8) is 0 Å². The van der Waals surface area contributed by atoms with Gasteiger partial charge in [-0.05, 0) is 25.5 Å². The second-order valence-corrected chi connectivity index (χ2v) is 3.94. The second kappa shape index (κ2) is 6.00. The van der Waals surface area contributed by atoms with Crippen LogP contribution < -0.4 is 4.74 Å². The monoisotopic (exact) mass is 253 g/mol. The smallest absolute Gasteiger partial charge is 0.311 e. The average Bonchev–Trinajstić information content (AvgIpc) is 2.30. The molecule has 0 fully saturated rings. The number of rotatable bonds is 5. The van der Waals surface area contributed by atoms with Crippen molar-refractivity contribution in [3.8, 4) is 5.75 Å². The molecule has 0 amide bonds. The Morgan fingerprint density at radius 2 is 2.17 bits per heavy atom. The van der Waals surface area contributed by atoms with Crippen LogP contribution in [-0.4, -0.2) is 24.1 Å². The molecular formula is C12H15NO5. The molecule has 0 saturated carbocycles. The highest BCUT2D eigenvalue weighted by molar-refractivity contribution is 5.69. The molecule has 0 spiro atoms. The zero-order chi connectivity index (χ0) is 13.7. The van der Waals surface area contributed by atoms with Crippen LogP contribution >= 0.6 is 0 Å². The molecule has 0 aliphatic carbocycles. The highest BCUT2D eigenvalue weighted by atomic mass is 16.6. The Labute approximate surface area is 105 Å². The lowest BCUT2D eigenvalue weighted by Crippen LogP contribution is -2.18. The SMILES string of the molecule is COC(=O)CC(C)Oc1ccc(C)cc1[N+](=O)[O-]. The zero-order valence-corrected chi connectivity index (χ0v) is 10.5. The Kier molecular flexibility index (Phi) is 4.65. The maximum absolute atomic E-state index is 11.0. The first-order valence-electron chi connectivity index (χ1n) is 5.42. The number of nitro groups is 1. The normalized spacial score (nSPS) is 11.7. The molecular weight excluding hydrogens is 238 g/mol. The lowest BCUT2D eigenvalue weighted by molar-refractivity contribution is -0.386. The van der Waals surface area contributed by atoms with E-state index >= 15 is 0 Å². The minimum atomic E-state index is -0.507. The summed E-state index contributed by atoms with van der Waals surface area (Å²) in [5.74, 6) is -0.265. The number of benzene rings is 1. The Hall–Kier alpha value is -2.11. The van der Waals surface area contributed by atoms with E-state index in [1.807, 2.05) is 0 Å². The molecule has 98 valence electrons. The average molecular weight is 253 g/mol. The number of hydrogen-bond acceptors (Lipinski definition) is 5. The van der Waals surface area contributed by atoms with E-state index in [0.29, 0.717) is 0 Å². The molecule has 6 nitrogen and oxygen atoms in total. The molecule has 0 aromatic heterocycles. The standard InChI is InChI=1S/C12H15NO5/c1-8-4-5-11(10(6-8)13(15)16)18-9(2)7-12(14)17-3/h4-6,9H,7H2,1-3H3. The van der Waals surface area contributed by atoms with Gasteiger partial charge in [0.25, 0.3) is 0 Å². The van der Waals surface area contributed by atoms with Gasteiger partial charge in [0.2, 0.25) is 0 Å². The number of carbonyl (C=O) groups is 1. The van der Waals surface area contributed by atoms with E-state index in [1.54, 1.807) is 19.9 Å². The van der Waals surface area contributed by atoms with E-state index in [0.717, 1.165) is 5.56 Å². The summed E-state index contributed by atoms with van der Waals surface area (Å²) >= 11 is 0. The molecule has 0 N–H and O–H groups in total. The first kappa shape index (κ1) is 14.0. The van der Waals surface area contributed by atoms with Gasteiger partial charge in [-0.1, -0.05) is 6.07 Å². The largest absolute Gasteiger partial charge is 0.483 e. The molecule has 0 aliphatic heterocycles. The minimum absolute atomic E-state index is 0.0432. The summed E-state index contributed by atoms with van der Waals surface area (Å²) < 4.78 is 9.89. The van der Waals surface area contributed by atoms with Crippen LogP contribution in [0.3, 0.4) is 0 Å². The van der Waals surface area contributed by atoms with E-state index in [1.165, 1.54) is 19.2 Å². The van der Waals surface area contributed by atoms with Gasteiger partial charge in [-0.2, -0.15) is 0 Å². The van der Waals surface area contributed by atoms with E-state index in [2.05, 4.69) is 4.74 Å². The third-order valence-corrected chi connectivity index (χ3v) is 2.32. The van der Waals surface area contributed by atoms with Gasteiger partial charge < -0.3 is 9.47 Å². The van der Waals surface area contributed by atoms with E-state index in [-0.39, 0.29) is 17.9 Å². The van der Waals surface area contributed by atoms with Crippen LogP contribution in [0.5, 0.6) is 5.75 Å². The van der Waals surface area contributed by atoms with Gasteiger partial charge in [0.1, 0.15) is 6.10 Å². The summed E-state index contributed by atoms with van der Waals surface area (Å²) in [6, 6.07) is 4.68. The van der Waals surface area contributed by atoms with Crippen LogP contribution in [0, 0.1) is 17.0 Å². The predicted octanol–water partition coefficient (Wildman–Crippen LogP) is 2.23. The summed E-state index contributed by atoms with van der Waals surface area (Å²) in [7, 11) is 1.28. The number of ether oxygens (including phenoxy) is 2. The summed E-state index contributed by atoms with van der Waals surface area (Å²) in [4.78, 5) is 21.4. The Balaban J connectivity index is 2.84. The maximum Gasteiger partial charge on any atom is 0.311 e. The molecule has 1 aromatic rings. The molecule has 0 bridgehead atoms. The summed E-state index contributed by atoms with van der Waals surface area (Å²) in [5.41, 5.74) is 0.668. The zero-order valence-electron chi connectivity index (χ0n) is 10.5. The maximum atomic E-state index is 11.0. The predicted molar refractivity (Wildman–Crippen MR) is 64.6 cm³/mol. The number of esters is 1. The number of hydrogen-bond donors (Lipinski definition) is 0. The van der Waals surface area contributed by atoms with Gasteiger partial charge in [0.05, 0.1) is 18.5 Å². The number of aryl methyl sites for hydroxylation is 1. The van der Waals surface area contributed by atoms with Crippen molar-refractivity contribution in [1.29, 1.82) is 0 Å². The molecule has 1 aromatic carbocycles. The fourth-order valence-corrected chi connectivity index (χ4v) is 1.45. The molecule has 0 heterocycles. The van der Waals surface area contributed by atoms with Crippen LogP contribution in [0.4, 0.5) is 5.69 Å². The van der Waals surface area contributed by atoms with E-state index in [4.69, 9.17) is 4.74 Å². The third kappa shape index (κ3) is 3.73. The van der Waals surface area contributed by atoms with Crippen LogP contribution in [0.1, 0.15) is 18.9 Å². The lowest BCUT2D eigenvalue weighted by Gasteiger charge is -2.13. The van der Waals surface area contributed by atoms with E-state index < -0.39 is 17.0 Å². The van der Waals surface area contributed by atoms with Gasteiger partial charge in [-0.15, -0.1) is 0 Å². The van der Waals surface area contributed by atoms with Gasteiger partial charge in [-0.3, -0.25) is 14.9 Å². The van der Waals surface area contributed by atoms with Crippen LogP contribution in [0.15, 0.2) is 18.2 Å². The summed E-state index contributed by atoms with van der Waals surface area (Å²) in [6.45, 7) is 3.41. The number of nitrogens with zero attached hydrogens (tertiary/aromatic N) is 1. The van der Waals surface area contributed by atoms with Crippen molar-refractivity contribution in [2.45, 2.75) is 26.4 Å².